The molecule has 0 unspecified atom stereocenters. The van der Waals surface area contributed by atoms with Gasteiger partial charge in [0.1, 0.15) is 23.0 Å². The van der Waals surface area contributed by atoms with E-state index in [4.69, 9.17) is 33.8 Å². The lowest BCUT2D eigenvalue weighted by molar-refractivity contribution is -0.130. The zero-order chi connectivity index (χ0) is 37.2. The van der Waals surface area contributed by atoms with Gasteiger partial charge in [0.15, 0.2) is 11.6 Å². The molecule has 0 saturated heterocycles. The Kier molecular flexibility index (Phi) is 12.3. The summed E-state index contributed by atoms with van der Waals surface area (Å²) in [7, 11) is 4.70. The molecule has 0 aliphatic carbocycles. The first kappa shape index (κ1) is 37.4. The van der Waals surface area contributed by atoms with Crippen LogP contribution >= 0.6 is 15.9 Å². The van der Waals surface area contributed by atoms with Crippen molar-refractivity contribution in [1.82, 2.24) is 10.9 Å². The predicted molar refractivity (Wildman–Crippen MR) is 208 cm³/mol. The highest BCUT2D eigenvalue weighted by molar-refractivity contribution is 9.10. The molecule has 2 atom stereocenters. The molecule has 1 heterocycles. The zero-order valence-electron chi connectivity index (χ0n) is 29.8. The molecule has 5 aromatic carbocycles. The Morgan fingerprint density at radius 1 is 0.811 bits per heavy atom. The lowest BCUT2D eigenvalue weighted by Crippen LogP contribution is -2.53. The van der Waals surface area contributed by atoms with Gasteiger partial charge in [-0.05, 0) is 52.6 Å². The Morgan fingerprint density at radius 3 is 2.09 bits per heavy atom. The summed E-state index contributed by atoms with van der Waals surface area (Å²) in [5.41, 5.74) is 9.78. The van der Waals surface area contributed by atoms with E-state index < -0.39 is 17.6 Å². The van der Waals surface area contributed by atoms with Crippen LogP contribution in [-0.2, 0) is 22.5 Å². The van der Waals surface area contributed by atoms with Crippen LogP contribution in [0.5, 0.6) is 23.0 Å². The van der Waals surface area contributed by atoms with E-state index in [9.17, 15) is 4.79 Å². The van der Waals surface area contributed by atoms with Gasteiger partial charge in [0, 0.05) is 48.2 Å². The number of carbonyl (C=O) groups excluding carboxylic acids is 1. The summed E-state index contributed by atoms with van der Waals surface area (Å²) in [5.74, 6) is 2.24. The number of rotatable bonds is 16. The number of aliphatic hydroxyl groups is 1. The summed E-state index contributed by atoms with van der Waals surface area (Å²) in [5, 5.41) is 9.15. The van der Waals surface area contributed by atoms with Gasteiger partial charge >= 0.3 is 0 Å². The fraction of sp³-hybridized carbons (Fsp3) is 0.238. The summed E-state index contributed by atoms with van der Waals surface area (Å²) in [6, 6.07) is 36.8. The SMILES string of the molecule is COc1cc(OC)c(CNNC(=O)[C@@]2(Cc3ccccc3Br)N=C(c3ccc(OCCCO)cc3)O[C@H]2c2ccc(-c3ccccc3)cc2)c(OC)c1. The fourth-order valence-corrected chi connectivity index (χ4v) is 6.69. The summed E-state index contributed by atoms with van der Waals surface area (Å²) in [6.07, 6.45) is -0.0588. The molecule has 274 valence electrons. The lowest BCUT2D eigenvalue weighted by Gasteiger charge is -2.31. The highest BCUT2D eigenvalue weighted by Gasteiger charge is 2.53. The van der Waals surface area contributed by atoms with Crippen LogP contribution < -0.4 is 29.8 Å². The van der Waals surface area contributed by atoms with Gasteiger partial charge in [-0.2, -0.15) is 0 Å². The van der Waals surface area contributed by atoms with Crippen molar-refractivity contribution >= 4 is 27.7 Å². The minimum Gasteiger partial charge on any atom is -0.496 e. The number of hydrogen-bond donors (Lipinski definition) is 3. The molecule has 0 aromatic heterocycles. The lowest BCUT2D eigenvalue weighted by atomic mass is 9.82. The van der Waals surface area contributed by atoms with Crippen LogP contribution in [0.1, 0.15) is 34.8 Å². The molecule has 1 aliphatic heterocycles. The number of benzene rings is 5. The van der Waals surface area contributed by atoms with Crippen LogP contribution in [0.15, 0.2) is 125 Å². The number of nitrogens with zero attached hydrogens (tertiary/aromatic N) is 1. The number of hydrogen-bond acceptors (Lipinski definition) is 9. The van der Waals surface area contributed by atoms with Crippen molar-refractivity contribution in [2.24, 2.45) is 4.99 Å². The number of hydrazine groups is 1. The molecule has 1 amide bonds. The Labute approximate surface area is 317 Å². The number of halogens is 1. The van der Waals surface area contributed by atoms with Crippen molar-refractivity contribution < 1.29 is 33.6 Å². The number of aliphatic imine (C=N–C) groups is 1. The summed E-state index contributed by atoms with van der Waals surface area (Å²) < 4.78 is 30.0. The van der Waals surface area contributed by atoms with Crippen LogP contribution in [0.3, 0.4) is 0 Å². The van der Waals surface area contributed by atoms with E-state index in [0.29, 0.717) is 53.1 Å². The average molecular weight is 781 g/mol. The molecule has 11 heteroatoms. The molecule has 0 saturated carbocycles. The van der Waals surface area contributed by atoms with Gasteiger partial charge in [-0.15, -0.1) is 0 Å². The zero-order valence-corrected chi connectivity index (χ0v) is 31.4. The maximum absolute atomic E-state index is 14.8. The molecule has 5 aromatic rings. The predicted octanol–water partition coefficient (Wildman–Crippen LogP) is 7.22. The molecule has 0 fully saturated rings. The van der Waals surface area contributed by atoms with Gasteiger partial charge in [-0.1, -0.05) is 88.7 Å². The van der Waals surface area contributed by atoms with E-state index in [0.717, 1.165) is 26.7 Å². The van der Waals surface area contributed by atoms with Crippen LogP contribution in [-0.4, -0.2) is 57.0 Å². The number of nitrogens with one attached hydrogen (secondary N) is 2. The van der Waals surface area contributed by atoms with E-state index in [2.05, 4.69) is 38.9 Å². The molecular formula is C42H42BrN3O7. The van der Waals surface area contributed by atoms with E-state index in [-0.39, 0.29) is 19.6 Å². The summed E-state index contributed by atoms with van der Waals surface area (Å²) >= 11 is 3.70. The minimum absolute atomic E-state index is 0.0498. The van der Waals surface area contributed by atoms with Gasteiger partial charge in [0.25, 0.3) is 5.91 Å². The first-order valence-corrected chi connectivity index (χ1v) is 18.0. The number of aliphatic hydroxyl groups excluding tert-OH is 1. The first-order valence-electron chi connectivity index (χ1n) is 17.2. The average Bonchev–Trinajstić information content (AvgIpc) is 3.59. The van der Waals surface area contributed by atoms with Crippen LogP contribution in [0, 0.1) is 0 Å². The van der Waals surface area contributed by atoms with E-state index >= 15 is 0 Å². The van der Waals surface area contributed by atoms with Crippen molar-refractivity contribution in [3.63, 3.8) is 0 Å². The Hall–Kier alpha value is -5.36. The van der Waals surface area contributed by atoms with Crippen LogP contribution in [0.2, 0.25) is 0 Å². The van der Waals surface area contributed by atoms with Crippen molar-refractivity contribution in [1.29, 1.82) is 0 Å². The van der Waals surface area contributed by atoms with E-state index in [1.807, 2.05) is 91.0 Å². The molecular weight excluding hydrogens is 738 g/mol. The summed E-state index contributed by atoms with van der Waals surface area (Å²) in [4.78, 5) is 20.0. The standard InChI is InChI=1S/C42H42BrN3O7/c1-49-34-24-37(50-2)35(38(25-34)51-3)27-44-46-41(48)42(26-32-12-7-8-13-36(32)43)39(30-16-14-29(15-17-30)28-10-5-4-6-11-28)53-40(45-42)31-18-20-33(21-19-31)52-23-9-22-47/h4-8,10-21,24-25,39,44,47H,9,22-23,26-27H2,1-3H3,(H,46,48)/t39-,42-/m0/s1. The van der Waals surface area contributed by atoms with Crippen molar-refractivity contribution in [2.45, 2.75) is 31.0 Å². The molecule has 0 spiro atoms. The maximum atomic E-state index is 14.8. The molecule has 0 bridgehead atoms. The van der Waals surface area contributed by atoms with E-state index in [1.165, 1.54) is 0 Å². The second kappa shape index (κ2) is 17.4. The minimum atomic E-state index is -1.45. The number of ether oxygens (including phenoxy) is 5. The van der Waals surface area contributed by atoms with Crippen molar-refractivity contribution in [3.8, 4) is 34.1 Å². The molecule has 10 nitrogen and oxygen atoms in total. The van der Waals surface area contributed by atoms with Crippen LogP contribution in [0.4, 0.5) is 0 Å². The van der Waals surface area contributed by atoms with Gasteiger partial charge in [0.05, 0.1) is 33.5 Å². The van der Waals surface area contributed by atoms with Crippen molar-refractivity contribution in [3.05, 3.63) is 142 Å². The topological polar surface area (TPSA) is 120 Å². The van der Waals surface area contributed by atoms with Gasteiger partial charge in [-0.3, -0.25) is 10.2 Å². The van der Waals surface area contributed by atoms with Gasteiger partial charge in [-0.25, -0.2) is 10.4 Å². The first-order chi connectivity index (χ1) is 25.9. The third kappa shape index (κ3) is 8.49. The summed E-state index contributed by atoms with van der Waals surface area (Å²) in [6.45, 7) is 0.623. The maximum Gasteiger partial charge on any atom is 0.266 e. The van der Waals surface area contributed by atoms with Crippen LogP contribution in [0.25, 0.3) is 11.1 Å². The van der Waals surface area contributed by atoms with Gasteiger partial charge < -0.3 is 28.8 Å². The quantitative estimate of drug-likeness (QED) is 0.0710. The molecule has 0 radical (unpaired) electrons. The third-order valence-electron chi connectivity index (χ3n) is 9.05. The number of carbonyl (C=O) groups is 1. The molecule has 1 aliphatic rings. The Bertz CT molecular complexity index is 2000. The number of methoxy groups -OCH3 is 3. The smallest absolute Gasteiger partial charge is 0.266 e. The highest BCUT2D eigenvalue weighted by Crippen LogP contribution is 2.44. The normalized spacial score (nSPS) is 16.3. The highest BCUT2D eigenvalue weighted by atomic mass is 79.9. The second-order valence-corrected chi connectivity index (χ2v) is 13.2. The monoisotopic (exact) mass is 779 g/mol. The molecule has 3 N–H and O–H groups in total. The third-order valence-corrected chi connectivity index (χ3v) is 9.83. The molecule has 53 heavy (non-hydrogen) atoms. The van der Waals surface area contributed by atoms with Gasteiger partial charge in [0.2, 0.25) is 5.90 Å². The number of amides is 1. The molecule has 6 rings (SSSR count). The second-order valence-electron chi connectivity index (χ2n) is 12.4. The Balaban J connectivity index is 1.39. The van der Waals surface area contributed by atoms with E-state index in [1.54, 1.807) is 33.5 Å². The Morgan fingerprint density at radius 2 is 1.45 bits per heavy atom. The van der Waals surface area contributed by atoms with Crippen molar-refractivity contribution in [2.75, 3.05) is 34.5 Å². The largest absolute Gasteiger partial charge is 0.496 e. The fourth-order valence-electron chi connectivity index (χ4n) is 6.27.